The second-order valence-corrected chi connectivity index (χ2v) is 37.8. The molecule has 145 heavy (non-hydrogen) atoms. The molecule has 0 aliphatic carbocycles. The molecular weight excluding hydrogens is 1790 g/mol. The van der Waals surface area contributed by atoms with Gasteiger partial charge in [0, 0.05) is 129 Å². The van der Waals surface area contributed by atoms with E-state index in [1.54, 1.807) is 0 Å². The average Bonchev–Trinajstić information content (AvgIpc) is 1.56. The molecule has 30 rings (SSSR count). The Morgan fingerprint density at radius 1 is 0.207 bits per heavy atom. The Kier molecular flexibility index (Phi) is 18.8. The predicted molar refractivity (Wildman–Crippen MR) is 593 cm³/mol. The number of fused-ring (bicyclic) bond motifs is 30. The van der Waals surface area contributed by atoms with Gasteiger partial charge in [-0.1, -0.05) is 224 Å². The molecule has 0 unspecified atom stereocenters. The molecule has 30 aromatic rings. The first-order valence-electron chi connectivity index (χ1n) is 48.0. The number of furan rings is 2. The fourth-order valence-electron chi connectivity index (χ4n) is 22.9. The summed E-state index contributed by atoms with van der Waals surface area (Å²) >= 11 is 1.87. The third-order valence-corrected chi connectivity index (χ3v) is 30.3. The van der Waals surface area contributed by atoms with Gasteiger partial charge >= 0.3 is 0 Å². The van der Waals surface area contributed by atoms with Crippen LogP contribution in [-0.4, -0.2) is 27.4 Å². The Morgan fingerprint density at radius 3 is 1.08 bits per heavy atom. The second-order valence-electron chi connectivity index (χ2n) is 36.7. The summed E-state index contributed by atoms with van der Waals surface area (Å²) in [6, 6.07) is 165. The van der Waals surface area contributed by atoms with Crippen LogP contribution in [0.4, 0.5) is 0 Å². The largest absolute Gasteiger partial charge is 0.455 e. The Morgan fingerprint density at radius 2 is 0.572 bits per heavy atom. The van der Waals surface area contributed by atoms with E-state index < -0.39 is 0 Å². The zero-order valence-electron chi connectivity index (χ0n) is 77.3. The van der Waals surface area contributed by atoms with E-state index in [1.807, 2.05) is 163 Å². The van der Waals surface area contributed by atoms with Gasteiger partial charge in [-0.25, -0.2) is 0 Å². The van der Waals surface area contributed by atoms with Crippen molar-refractivity contribution in [3.8, 4) is 97.9 Å². The van der Waals surface area contributed by atoms with Crippen LogP contribution in [0.3, 0.4) is 0 Å². The zero-order valence-corrected chi connectivity index (χ0v) is 78.1. The molecule has 0 atom stereocenters. The van der Waals surface area contributed by atoms with Crippen molar-refractivity contribution in [2.45, 2.75) is 0 Å². The van der Waals surface area contributed by atoms with Crippen molar-refractivity contribution in [3.63, 3.8) is 0 Å². The van der Waals surface area contributed by atoms with E-state index in [1.165, 1.54) is 47.2 Å². The summed E-state index contributed by atoms with van der Waals surface area (Å²) in [5, 5.41) is 70.5. The number of aromatic nitrogens is 6. The molecule has 14 heteroatoms. The van der Waals surface area contributed by atoms with Crippen LogP contribution in [0.15, 0.2) is 452 Å². The van der Waals surface area contributed by atoms with Crippen molar-refractivity contribution in [3.05, 3.63) is 471 Å². The lowest BCUT2D eigenvalue weighted by Crippen LogP contribution is -2.00. The van der Waals surface area contributed by atoms with Crippen molar-refractivity contribution in [2.24, 2.45) is 0 Å². The van der Waals surface area contributed by atoms with Crippen LogP contribution in [0.25, 0.3) is 262 Å². The smallest absolute Gasteiger partial charge is 0.145 e. The quantitative estimate of drug-likeness (QED) is 0.138. The van der Waals surface area contributed by atoms with Crippen LogP contribution in [0.2, 0.25) is 0 Å². The van der Waals surface area contributed by atoms with E-state index in [4.69, 9.17) is 8.83 Å². The van der Waals surface area contributed by atoms with E-state index in [9.17, 15) is 26.3 Å². The second kappa shape index (κ2) is 33.0. The summed E-state index contributed by atoms with van der Waals surface area (Å²) in [6.45, 7) is 0. The maximum Gasteiger partial charge on any atom is 0.145 e. The molecule has 21 aromatic carbocycles. The molecule has 13 nitrogen and oxygen atoms in total. The normalized spacial score (nSPS) is 11.7. The van der Waals surface area contributed by atoms with E-state index in [-0.39, 0.29) is 0 Å². The Bertz CT molecular complexity index is 11000. The molecule has 0 radical (unpaired) electrons. The standard InChI is InChI=1S/2C44H24N4O.C43H25N3S/c45-25-27-17-20-37-34(23-27)31-12-4-6-14-36(31)48(37)39-15-8-9-29(26-46)42(39)28-18-21-38-35(24-28)43-40(47(38)30-10-2-1-3-11-30)22-19-33-32-13-5-7-16-41(32)49-44(33)43;45-25-27-14-18-38(48-37-12-6-4-10-31(37)35-23-28(26-46)15-19-39(35)48)34(22-27)29-16-20-40-36(24-29)43-41(47(40)30-8-2-1-3-9-30)21-17-33-32-11-5-7-13-42(32)49-44(33)43;44-26-28-11-10-17-30(42(28)46-36-18-7-4-14-31(36)32-15-5-8-19-37(32)46)27-21-23-38-35(25-27)41-39(45(38)29-12-2-1-3-13-29)24-22-34-33-16-6-9-20-40(33)47-43(34)41/h2*1-24H;1-25H. The topological polar surface area (TPSA) is 175 Å². The van der Waals surface area contributed by atoms with E-state index >= 15 is 0 Å². The molecule has 670 valence electrons. The molecule has 0 aliphatic rings. The monoisotopic (exact) mass is 1860 g/mol. The molecule has 0 saturated carbocycles. The Balaban J connectivity index is 0.000000106. The summed E-state index contributed by atoms with van der Waals surface area (Å²) in [5.41, 5.74) is 31.1. The minimum Gasteiger partial charge on any atom is -0.455 e. The molecule has 0 amide bonds. The number of hydrogen-bond acceptors (Lipinski definition) is 8. The molecule has 0 N–H and O–H groups in total. The lowest BCUT2D eigenvalue weighted by atomic mass is 9.96. The third-order valence-electron chi connectivity index (χ3n) is 29.1. The third kappa shape index (κ3) is 12.7. The fourth-order valence-corrected chi connectivity index (χ4v) is 24.2. The van der Waals surface area contributed by atoms with Crippen LogP contribution >= 0.6 is 11.3 Å². The molecule has 9 heterocycles. The SMILES string of the molecule is N#Cc1ccc(-n2c3ccccc3c3cc(C#N)ccc32)c(-c2ccc3c(c2)c2c4oc5ccccc5c4ccc2n3-c2ccccc2)c1.N#Cc1ccc2c(c1)c1ccccc1n2-c1cccc(C#N)c1-c1ccc2c(c1)c1c3oc4ccccc4c3ccc1n2-c1ccccc1.N#Cc1cccc(-c2ccc3c(c2)c2c4sc5ccccc5c4ccc2n3-c2ccccc2)c1-n1c2ccccc2c2ccccc21. The van der Waals surface area contributed by atoms with Gasteiger partial charge in [0.1, 0.15) is 28.4 Å². The van der Waals surface area contributed by atoms with Gasteiger partial charge in [0.25, 0.3) is 0 Å². The first-order valence-corrected chi connectivity index (χ1v) is 48.9. The van der Waals surface area contributed by atoms with Gasteiger partial charge in [0.2, 0.25) is 0 Å². The van der Waals surface area contributed by atoms with Crippen molar-refractivity contribution < 1.29 is 8.83 Å². The van der Waals surface area contributed by atoms with Gasteiger partial charge in [0.05, 0.1) is 146 Å². The Hall–Kier alpha value is -20.3. The molecule has 0 saturated heterocycles. The van der Waals surface area contributed by atoms with Crippen LogP contribution < -0.4 is 0 Å². The highest BCUT2D eigenvalue weighted by atomic mass is 32.1. The summed E-state index contributed by atoms with van der Waals surface area (Å²) in [6.07, 6.45) is 0. The minimum atomic E-state index is 0.581. The van der Waals surface area contributed by atoms with Gasteiger partial charge in [-0.05, 0) is 235 Å². The van der Waals surface area contributed by atoms with Gasteiger partial charge < -0.3 is 36.2 Å². The summed E-state index contributed by atoms with van der Waals surface area (Å²) in [5.74, 6) is 0. The molecule has 0 bridgehead atoms. The van der Waals surface area contributed by atoms with Gasteiger partial charge in [-0.15, -0.1) is 11.3 Å². The molecule has 0 fully saturated rings. The highest BCUT2D eigenvalue weighted by Gasteiger charge is 2.29. The number of nitrogens with zero attached hydrogens (tertiary/aromatic N) is 11. The fraction of sp³-hybridized carbons (Fsp3) is 0. The van der Waals surface area contributed by atoms with Crippen LogP contribution in [0.5, 0.6) is 0 Å². The van der Waals surface area contributed by atoms with Gasteiger partial charge in [0.15, 0.2) is 0 Å². The van der Waals surface area contributed by atoms with Crippen LogP contribution in [-0.2, 0) is 0 Å². The van der Waals surface area contributed by atoms with Crippen molar-refractivity contribution in [1.82, 2.24) is 27.4 Å². The van der Waals surface area contributed by atoms with Crippen LogP contribution in [0, 0.1) is 56.7 Å². The predicted octanol–water partition coefficient (Wildman–Crippen LogP) is 34.2. The lowest BCUT2D eigenvalue weighted by molar-refractivity contribution is 0.672. The molecule has 0 aliphatic heterocycles. The minimum absolute atomic E-state index is 0.581. The highest BCUT2D eigenvalue weighted by Crippen LogP contribution is 2.51. The van der Waals surface area contributed by atoms with Gasteiger partial charge in [-0.2, -0.15) is 26.3 Å². The summed E-state index contributed by atoms with van der Waals surface area (Å²) in [4.78, 5) is 0. The van der Waals surface area contributed by atoms with Gasteiger partial charge in [-0.3, -0.25) is 0 Å². The maximum atomic E-state index is 10.5. The van der Waals surface area contributed by atoms with E-state index in [2.05, 4.69) is 349 Å². The number of rotatable bonds is 9. The summed E-state index contributed by atoms with van der Waals surface area (Å²) in [7, 11) is 0. The molecule has 0 spiro atoms. The number of nitriles is 5. The van der Waals surface area contributed by atoms with Crippen LogP contribution in [0.1, 0.15) is 27.8 Å². The Labute approximate surface area is 831 Å². The maximum absolute atomic E-state index is 10.5. The van der Waals surface area contributed by atoms with E-state index in [0.717, 1.165) is 215 Å². The summed E-state index contributed by atoms with van der Waals surface area (Å²) < 4.78 is 29.6. The number of benzene rings is 21. The zero-order chi connectivity index (χ0) is 96.3. The number of hydrogen-bond donors (Lipinski definition) is 0. The molecular formula is C131H73N11O2S. The molecule has 9 aromatic heterocycles. The van der Waals surface area contributed by atoms with Crippen molar-refractivity contribution >= 4 is 206 Å². The lowest BCUT2D eigenvalue weighted by Gasteiger charge is -2.16. The first-order chi connectivity index (χ1) is 71.7. The van der Waals surface area contributed by atoms with Crippen molar-refractivity contribution in [2.75, 3.05) is 0 Å². The number of para-hydroxylation sites is 10. The van der Waals surface area contributed by atoms with E-state index in [0.29, 0.717) is 27.8 Å². The number of thiophene rings is 1. The van der Waals surface area contributed by atoms with Crippen molar-refractivity contribution in [1.29, 1.82) is 26.3 Å². The average molecular weight is 1870 g/mol. The first kappa shape index (κ1) is 82.9. The highest BCUT2D eigenvalue weighted by molar-refractivity contribution is 7.26.